The zero-order valence-electron chi connectivity index (χ0n) is 7.65. The summed E-state index contributed by atoms with van der Waals surface area (Å²) in [5, 5.41) is 6.55. The second-order valence-electron chi connectivity index (χ2n) is 2.72. The van der Waals surface area contributed by atoms with E-state index in [-0.39, 0.29) is 5.91 Å². The molecule has 0 aromatic carbocycles. The van der Waals surface area contributed by atoms with Crippen molar-refractivity contribution >= 4 is 34.0 Å². The molecule has 0 aliphatic heterocycles. The molecule has 0 saturated carbocycles. The minimum atomic E-state index is -0.306. The fourth-order valence-electron chi connectivity index (χ4n) is 0.993. The number of rotatable bonds is 2. The number of aryl methyl sites for hydroxylation is 1. The number of aromatic nitrogens is 2. The Kier molecular flexibility index (Phi) is 2.70. The zero-order valence-corrected chi connectivity index (χ0v) is 9.22. The average Bonchev–Trinajstić information content (AvgIpc) is 2.75. The van der Waals surface area contributed by atoms with Gasteiger partial charge in [-0.3, -0.25) is 10.1 Å². The molecule has 0 bridgehead atoms. The van der Waals surface area contributed by atoms with E-state index >= 15 is 0 Å². The first-order valence-corrected chi connectivity index (χ1v) is 5.20. The van der Waals surface area contributed by atoms with Gasteiger partial charge in [-0.05, 0) is 6.92 Å². The van der Waals surface area contributed by atoms with E-state index < -0.39 is 0 Å². The van der Waals surface area contributed by atoms with Crippen molar-refractivity contribution in [2.45, 2.75) is 6.92 Å². The summed E-state index contributed by atoms with van der Waals surface area (Å²) >= 11 is 6.86. The van der Waals surface area contributed by atoms with Crippen LogP contribution in [0.2, 0.25) is 4.34 Å². The molecule has 2 aromatic heterocycles. The number of halogens is 1. The smallest absolute Gasteiger partial charge is 0.262 e. The number of anilines is 1. The van der Waals surface area contributed by atoms with Crippen LogP contribution >= 0.6 is 22.9 Å². The molecular formula is C8H6ClN3O2S. The summed E-state index contributed by atoms with van der Waals surface area (Å²) in [6.07, 6.45) is 2.84. The molecule has 2 rings (SSSR count). The summed E-state index contributed by atoms with van der Waals surface area (Å²) in [5.74, 6) is 0.162. The molecule has 0 unspecified atom stereocenters. The third kappa shape index (κ3) is 2.16. The SMILES string of the molecule is Cc1oncc1C(=O)Nc1ncc(Cl)s1. The van der Waals surface area contributed by atoms with Gasteiger partial charge in [0.25, 0.3) is 5.91 Å². The van der Waals surface area contributed by atoms with Crippen molar-refractivity contribution < 1.29 is 9.32 Å². The van der Waals surface area contributed by atoms with Crippen molar-refractivity contribution in [1.82, 2.24) is 10.1 Å². The number of carbonyl (C=O) groups is 1. The van der Waals surface area contributed by atoms with E-state index in [1.54, 1.807) is 6.92 Å². The van der Waals surface area contributed by atoms with E-state index in [2.05, 4.69) is 15.5 Å². The van der Waals surface area contributed by atoms with Gasteiger partial charge in [0.2, 0.25) is 0 Å². The first-order valence-electron chi connectivity index (χ1n) is 4.01. The maximum atomic E-state index is 11.6. The molecule has 0 aliphatic carbocycles. The van der Waals surface area contributed by atoms with Crippen LogP contribution in [0.3, 0.4) is 0 Å². The highest BCUT2D eigenvalue weighted by atomic mass is 35.5. The average molecular weight is 244 g/mol. The lowest BCUT2D eigenvalue weighted by atomic mass is 10.3. The van der Waals surface area contributed by atoms with Crippen LogP contribution < -0.4 is 5.32 Å². The maximum absolute atomic E-state index is 11.6. The Hall–Kier alpha value is -1.40. The fraction of sp³-hybridized carbons (Fsp3) is 0.125. The Bertz CT molecular complexity index is 494. The fourth-order valence-corrected chi connectivity index (χ4v) is 1.80. The van der Waals surface area contributed by atoms with Crippen molar-refractivity contribution in [3.05, 3.63) is 28.1 Å². The number of hydrogen-bond acceptors (Lipinski definition) is 5. The van der Waals surface area contributed by atoms with E-state index in [1.807, 2.05) is 0 Å². The van der Waals surface area contributed by atoms with Crippen LogP contribution in [-0.4, -0.2) is 16.0 Å². The maximum Gasteiger partial charge on any atom is 0.262 e. The third-order valence-electron chi connectivity index (χ3n) is 1.69. The molecule has 2 aromatic rings. The number of nitrogens with one attached hydrogen (secondary N) is 1. The molecule has 2 heterocycles. The van der Waals surface area contributed by atoms with Crippen molar-refractivity contribution in [3.8, 4) is 0 Å². The number of hydrogen-bond donors (Lipinski definition) is 1. The highest BCUT2D eigenvalue weighted by molar-refractivity contribution is 7.19. The van der Waals surface area contributed by atoms with E-state index in [4.69, 9.17) is 16.1 Å². The van der Waals surface area contributed by atoms with Crippen molar-refractivity contribution in [3.63, 3.8) is 0 Å². The van der Waals surface area contributed by atoms with Gasteiger partial charge in [0.15, 0.2) is 5.13 Å². The normalized spacial score (nSPS) is 10.3. The quantitative estimate of drug-likeness (QED) is 0.879. The summed E-state index contributed by atoms with van der Waals surface area (Å²) in [5.41, 5.74) is 0.390. The van der Waals surface area contributed by atoms with Crippen LogP contribution in [0.25, 0.3) is 0 Å². The van der Waals surface area contributed by atoms with Gasteiger partial charge in [0, 0.05) is 0 Å². The zero-order chi connectivity index (χ0) is 10.8. The van der Waals surface area contributed by atoms with Gasteiger partial charge in [0.05, 0.1) is 12.4 Å². The number of carbonyl (C=O) groups excluding carboxylic acids is 1. The molecule has 0 fully saturated rings. The minimum absolute atomic E-state index is 0.306. The van der Waals surface area contributed by atoms with E-state index in [1.165, 1.54) is 23.7 Å². The standard InChI is InChI=1S/C8H6ClN3O2S/c1-4-5(2-11-14-4)7(13)12-8-10-3-6(9)15-8/h2-3H,1H3,(H,10,12,13). The Morgan fingerprint density at radius 3 is 2.93 bits per heavy atom. The first-order chi connectivity index (χ1) is 7.16. The van der Waals surface area contributed by atoms with Gasteiger partial charge >= 0.3 is 0 Å². The number of nitrogens with zero attached hydrogens (tertiary/aromatic N) is 2. The Balaban J connectivity index is 2.14. The van der Waals surface area contributed by atoms with Crippen molar-refractivity contribution in [1.29, 1.82) is 0 Å². The molecule has 0 aliphatic rings. The lowest BCUT2D eigenvalue weighted by molar-refractivity contribution is 0.102. The summed E-state index contributed by atoms with van der Waals surface area (Å²) in [7, 11) is 0. The van der Waals surface area contributed by atoms with Crippen LogP contribution in [0, 0.1) is 6.92 Å². The lowest BCUT2D eigenvalue weighted by Gasteiger charge is -1.97. The molecule has 15 heavy (non-hydrogen) atoms. The van der Waals surface area contributed by atoms with Gasteiger partial charge in [-0.15, -0.1) is 0 Å². The Labute approximate surface area is 94.1 Å². The van der Waals surface area contributed by atoms with Gasteiger partial charge < -0.3 is 4.52 Å². The van der Waals surface area contributed by atoms with Crippen molar-refractivity contribution in [2.24, 2.45) is 0 Å². The summed E-state index contributed by atoms with van der Waals surface area (Å²) in [4.78, 5) is 15.5. The molecule has 0 atom stereocenters. The molecule has 0 saturated heterocycles. The molecule has 7 heteroatoms. The summed E-state index contributed by atoms with van der Waals surface area (Å²) in [6, 6.07) is 0. The molecule has 1 N–H and O–H groups in total. The van der Waals surface area contributed by atoms with Gasteiger partial charge in [-0.25, -0.2) is 4.98 Å². The number of amides is 1. The van der Waals surface area contributed by atoms with Crippen LogP contribution in [0.1, 0.15) is 16.1 Å². The molecule has 0 radical (unpaired) electrons. The predicted molar refractivity (Wildman–Crippen MR) is 56.3 cm³/mol. The second-order valence-corrected chi connectivity index (χ2v) is 4.38. The predicted octanol–water partition coefficient (Wildman–Crippen LogP) is 2.35. The summed E-state index contributed by atoms with van der Waals surface area (Å²) in [6.45, 7) is 1.66. The van der Waals surface area contributed by atoms with E-state index in [0.29, 0.717) is 20.8 Å². The van der Waals surface area contributed by atoms with Gasteiger partial charge in [0.1, 0.15) is 15.7 Å². The molecule has 78 valence electrons. The molecule has 0 spiro atoms. The van der Waals surface area contributed by atoms with E-state index in [0.717, 1.165) is 0 Å². The highest BCUT2D eigenvalue weighted by Gasteiger charge is 2.14. The molecular weight excluding hydrogens is 238 g/mol. The van der Waals surface area contributed by atoms with Gasteiger partial charge in [-0.2, -0.15) is 0 Å². The molecule has 5 nitrogen and oxygen atoms in total. The van der Waals surface area contributed by atoms with Crippen LogP contribution in [-0.2, 0) is 0 Å². The van der Waals surface area contributed by atoms with Crippen LogP contribution in [0.4, 0.5) is 5.13 Å². The topological polar surface area (TPSA) is 68.0 Å². The van der Waals surface area contributed by atoms with E-state index in [9.17, 15) is 4.79 Å². The van der Waals surface area contributed by atoms with Crippen LogP contribution in [0.5, 0.6) is 0 Å². The Morgan fingerprint density at radius 1 is 1.60 bits per heavy atom. The summed E-state index contributed by atoms with van der Waals surface area (Å²) < 4.78 is 5.30. The van der Waals surface area contributed by atoms with Gasteiger partial charge in [-0.1, -0.05) is 28.1 Å². The number of thiazole rings is 1. The Morgan fingerprint density at radius 2 is 2.40 bits per heavy atom. The lowest BCUT2D eigenvalue weighted by Crippen LogP contribution is -2.11. The second kappa shape index (κ2) is 4.00. The first kappa shape index (κ1) is 10.1. The molecule has 1 amide bonds. The third-order valence-corrected chi connectivity index (χ3v) is 2.72. The largest absolute Gasteiger partial charge is 0.361 e. The monoisotopic (exact) mass is 243 g/mol. The minimum Gasteiger partial charge on any atom is -0.361 e. The highest BCUT2D eigenvalue weighted by Crippen LogP contribution is 2.23. The van der Waals surface area contributed by atoms with Crippen LogP contribution in [0.15, 0.2) is 16.9 Å². The van der Waals surface area contributed by atoms with Crippen molar-refractivity contribution in [2.75, 3.05) is 5.32 Å².